The Morgan fingerprint density at radius 1 is 1.06 bits per heavy atom. The van der Waals surface area contributed by atoms with Crippen molar-refractivity contribution in [3.8, 4) is 0 Å². The zero-order valence-electron chi connectivity index (χ0n) is 18.8. The Morgan fingerprint density at radius 2 is 1.88 bits per heavy atom. The highest BCUT2D eigenvalue weighted by atomic mass is 16.7. The van der Waals surface area contributed by atoms with Gasteiger partial charge in [-0.05, 0) is 42.8 Å². The number of amides is 2. The van der Waals surface area contributed by atoms with E-state index in [1.807, 2.05) is 49.4 Å². The molecule has 3 rings (SSSR count). The van der Waals surface area contributed by atoms with E-state index in [0.29, 0.717) is 24.7 Å². The normalized spacial score (nSPS) is 11.0. The predicted octanol–water partition coefficient (Wildman–Crippen LogP) is 3.78. The molecule has 1 aromatic heterocycles. The number of carbonyl (C=O) groups is 1. The summed E-state index contributed by atoms with van der Waals surface area (Å²) < 4.78 is 15.6. The first kappa shape index (κ1) is 23.4. The molecule has 170 valence electrons. The highest BCUT2D eigenvalue weighted by molar-refractivity contribution is 5.96. The number of aromatic nitrogens is 2. The van der Waals surface area contributed by atoms with Crippen LogP contribution in [0.2, 0.25) is 0 Å². The van der Waals surface area contributed by atoms with Gasteiger partial charge in [0, 0.05) is 44.6 Å². The molecule has 0 saturated carbocycles. The van der Waals surface area contributed by atoms with E-state index in [0.717, 1.165) is 22.2 Å². The first-order valence-electron chi connectivity index (χ1n) is 10.2. The van der Waals surface area contributed by atoms with Crippen LogP contribution in [0.15, 0.2) is 48.8 Å². The number of benzene rings is 2. The van der Waals surface area contributed by atoms with Gasteiger partial charge in [-0.25, -0.2) is 14.8 Å². The molecular formula is C23H29N5O4. The van der Waals surface area contributed by atoms with E-state index in [2.05, 4.69) is 20.6 Å². The van der Waals surface area contributed by atoms with Gasteiger partial charge < -0.3 is 29.7 Å². The monoisotopic (exact) mass is 439 g/mol. The number of anilines is 3. The zero-order chi connectivity index (χ0) is 22.9. The minimum absolute atomic E-state index is 0.263. The molecule has 0 unspecified atom stereocenters. The molecule has 0 radical (unpaired) electrons. The summed E-state index contributed by atoms with van der Waals surface area (Å²) in [6, 6.07) is 13.2. The molecule has 2 aromatic carbocycles. The van der Waals surface area contributed by atoms with E-state index in [-0.39, 0.29) is 12.6 Å². The Labute approximate surface area is 187 Å². The molecule has 32 heavy (non-hydrogen) atoms. The van der Waals surface area contributed by atoms with Crippen LogP contribution >= 0.6 is 0 Å². The summed E-state index contributed by atoms with van der Waals surface area (Å²) in [5, 5.41) is 7.06. The van der Waals surface area contributed by atoms with Crippen molar-refractivity contribution in [3.05, 3.63) is 54.4 Å². The number of hydrogen-bond acceptors (Lipinski definition) is 7. The van der Waals surface area contributed by atoms with Crippen molar-refractivity contribution in [2.75, 3.05) is 51.7 Å². The third kappa shape index (κ3) is 6.13. The summed E-state index contributed by atoms with van der Waals surface area (Å²) in [7, 11) is 4.66. The fourth-order valence-electron chi connectivity index (χ4n) is 3.20. The smallest absolute Gasteiger partial charge is 0.322 e. The van der Waals surface area contributed by atoms with Gasteiger partial charge in [0.2, 0.25) is 0 Å². The number of hydrogen-bond donors (Lipinski definition) is 2. The third-order valence-electron chi connectivity index (χ3n) is 4.92. The molecule has 3 aromatic rings. The highest BCUT2D eigenvalue weighted by Crippen LogP contribution is 2.26. The number of aryl methyl sites for hydroxylation is 1. The highest BCUT2D eigenvalue weighted by Gasteiger charge is 2.19. The number of nitrogens with zero attached hydrogens (tertiary/aromatic N) is 3. The largest absolute Gasteiger partial charge is 0.383 e. The first-order chi connectivity index (χ1) is 15.5. The Balaban J connectivity index is 1.82. The number of methoxy groups -OCH3 is 3. The summed E-state index contributed by atoms with van der Waals surface area (Å²) in [5.41, 5.74) is 3.46. The second-order valence-electron chi connectivity index (χ2n) is 7.22. The Morgan fingerprint density at radius 3 is 2.59 bits per heavy atom. The summed E-state index contributed by atoms with van der Waals surface area (Å²) in [4.78, 5) is 23.2. The van der Waals surface area contributed by atoms with E-state index in [1.165, 1.54) is 20.5 Å². The van der Waals surface area contributed by atoms with Crippen LogP contribution in [0.4, 0.5) is 22.0 Å². The van der Waals surface area contributed by atoms with Crippen molar-refractivity contribution in [2.45, 2.75) is 13.2 Å². The van der Waals surface area contributed by atoms with Crippen LogP contribution in [0.5, 0.6) is 0 Å². The van der Waals surface area contributed by atoms with Crippen molar-refractivity contribution in [2.24, 2.45) is 0 Å². The number of fused-ring (bicyclic) bond motifs is 1. The average molecular weight is 440 g/mol. The quantitative estimate of drug-likeness (QED) is 0.464. The number of rotatable bonds is 10. The average Bonchev–Trinajstić information content (AvgIpc) is 2.79. The van der Waals surface area contributed by atoms with Crippen molar-refractivity contribution >= 4 is 34.1 Å². The second kappa shape index (κ2) is 11.4. The van der Waals surface area contributed by atoms with Crippen LogP contribution in [0.25, 0.3) is 10.9 Å². The fraction of sp³-hybridized carbons (Fsp3) is 0.348. The van der Waals surface area contributed by atoms with E-state index in [4.69, 9.17) is 14.2 Å². The summed E-state index contributed by atoms with van der Waals surface area (Å²) in [6.07, 6.45) is 0.980. The molecule has 0 aliphatic heterocycles. The van der Waals surface area contributed by atoms with Gasteiger partial charge in [-0.2, -0.15) is 0 Å². The Hall–Kier alpha value is -3.27. The number of ether oxygens (including phenoxy) is 3. The topological polar surface area (TPSA) is 97.8 Å². The van der Waals surface area contributed by atoms with Gasteiger partial charge in [-0.15, -0.1) is 0 Å². The lowest BCUT2D eigenvalue weighted by atomic mass is 10.2. The molecule has 0 spiro atoms. The zero-order valence-corrected chi connectivity index (χ0v) is 18.8. The molecule has 9 nitrogen and oxygen atoms in total. The van der Waals surface area contributed by atoms with Gasteiger partial charge in [0.1, 0.15) is 12.1 Å². The summed E-state index contributed by atoms with van der Waals surface area (Å²) in [5.74, 6) is 0.659. The van der Waals surface area contributed by atoms with E-state index in [9.17, 15) is 4.79 Å². The molecule has 9 heteroatoms. The maximum atomic E-state index is 12.9. The van der Waals surface area contributed by atoms with E-state index in [1.54, 1.807) is 12.0 Å². The molecule has 2 N–H and O–H groups in total. The minimum Gasteiger partial charge on any atom is -0.383 e. The molecule has 1 heterocycles. The first-order valence-corrected chi connectivity index (χ1v) is 10.2. The van der Waals surface area contributed by atoms with E-state index < -0.39 is 6.29 Å². The van der Waals surface area contributed by atoms with Crippen molar-refractivity contribution in [1.82, 2.24) is 14.9 Å². The molecule has 0 fully saturated rings. The predicted molar refractivity (Wildman–Crippen MR) is 124 cm³/mol. The molecular weight excluding hydrogens is 410 g/mol. The molecule has 0 aliphatic carbocycles. The van der Waals surface area contributed by atoms with Crippen LogP contribution in [0.1, 0.15) is 5.56 Å². The maximum Gasteiger partial charge on any atom is 0.322 e. The molecule has 0 saturated heterocycles. The van der Waals surface area contributed by atoms with Crippen molar-refractivity contribution in [3.63, 3.8) is 0 Å². The number of carbonyl (C=O) groups excluding carboxylic acids is 1. The van der Waals surface area contributed by atoms with Gasteiger partial charge >= 0.3 is 6.03 Å². The van der Waals surface area contributed by atoms with Crippen LogP contribution < -0.4 is 10.6 Å². The van der Waals surface area contributed by atoms with Crippen molar-refractivity contribution in [1.29, 1.82) is 0 Å². The molecule has 0 aliphatic rings. The van der Waals surface area contributed by atoms with Gasteiger partial charge in [-0.1, -0.05) is 12.1 Å². The van der Waals surface area contributed by atoms with Crippen LogP contribution in [0, 0.1) is 6.92 Å². The number of urea groups is 1. The van der Waals surface area contributed by atoms with E-state index >= 15 is 0 Å². The minimum atomic E-state index is -0.534. The molecule has 0 atom stereocenters. The molecule has 0 bridgehead atoms. The summed E-state index contributed by atoms with van der Waals surface area (Å²) in [6.45, 7) is 3.08. The lowest BCUT2D eigenvalue weighted by molar-refractivity contribution is -0.111. The molecule has 2 amide bonds. The van der Waals surface area contributed by atoms with Gasteiger partial charge in [-0.3, -0.25) is 0 Å². The van der Waals surface area contributed by atoms with Crippen molar-refractivity contribution < 1.29 is 19.0 Å². The lowest BCUT2D eigenvalue weighted by Gasteiger charge is -2.26. The third-order valence-corrected chi connectivity index (χ3v) is 4.92. The van der Waals surface area contributed by atoms with Crippen LogP contribution in [0.3, 0.4) is 0 Å². The van der Waals surface area contributed by atoms with Gasteiger partial charge in [0.05, 0.1) is 18.7 Å². The Bertz CT molecular complexity index is 1040. The summed E-state index contributed by atoms with van der Waals surface area (Å²) >= 11 is 0. The number of nitrogens with one attached hydrogen (secondary N) is 2. The lowest BCUT2D eigenvalue weighted by Crippen LogP contribution is -2.43. The fourth-order valence-corrected chi connectivity index (χ4v) is 3.20. The standard InChI is InChI=1S/C23H29N5O4/c1-16-6-5-7-17(12-16)26-22-19-13-18(8-9-20(19)24-15-25-22)27-23(29)28(10-11-30-2)14-21(31-3)32-4/h5-9,12-13,15,21H,10-11,14H2,1-4H3,(H,27,29)(H,24,25,26). The van der Waals surface area contributed by atoms with Crippen LogP contribution in [-0.2, 0) is 14.2 Å². The SMILES string of the molecule is COCCN(CC(OC)OC)C(=O)Nc1ccc2ncnc(Nc3cccc(C)c3)c2c1. The van der Waals surface area contributed by atoms with Gasteiger partial charge in [0.15, 0.2) is 6.29 Å². The second-order valence-corrected chi connectivity index (χ2v) is 7.22. The van der Waals surface area contributed by atoms with Gasteiger partial charge in [0.25, 0.3) is 0 Å². The maximum absolute atomic E-state index is 12.9. The van der Waals surface area contributed by atoms with Crippen LogP contribution in [-0.4, -0.2) is 68.2 Å². The Kier molecular flexibility index (Phi) is 8.32.